The van der Waals surface area contributed by atoms with E-state index in [0.29, 0.717) is 5.92 Å². The molecule has 1 amide bonds. The molecule has 0 aliphatic carbocycles. The maximum atomic E-state index is 12.3. The second-order valence-electron chi connectivity index (χ2n) is 7.36. The molecule has 1 aliphatic rings. The van der Waals surface area contributed by atoms with Crippen molar-refractivity contribution in [2.24, 2.45) is 5.92 Å². The zero-order valence-electron chi connectivity index (χ0n) is 16.0. The Balaban J connectivity index is 1.29. The van der Waals surface area contributed by atoms with Crippen LogP contribution in [0.25, 0.3) is 5.69 Å². The van der Waals surface area contributed by atoms with Gasteiger partial charge in [-0.15, -0.1) is 11.3 Å². The van der Waals surface area contributed by atoms with Crippen LogP contribution in [0.5, 0.6) is 0 Å². The number of imidazole rings is 1. The van der Waals surface area contributed by atoms with Gasteiger partial charge in [0, 0.05) is 37.7 Å². The Kier molecular flexibility index (Phi) is 5.83. The summed E-state index contributed by atoms with van der Waals surface area (Å²) in [6.45, 7) is 5.69. The summed E-state index contributed by atoms with van der Waals surface area (Å²) < 4.78 is 2.01. The van der Waals surface area contributed by atoms with E-state index in [9.17, 15) is 4.79 Å². The van der Waals surface area contributed by atoms with Crippen LogP contribution in [-0.2, 0) is 6.54 Å². The molecule has 1 aromatic carbocycles. The van der Waals surface area contributed by atoms with E-state index in [4.69, 9.17) is 0 Å². The minimum Gasteiger partial charge on any atom is -0.351 e. The van der Waals surface area contributed by atoms with Crippen LogP contribution in [0, 0.1) is 12.8 Å². The van der Waals surface area contributed by atoms with E-state index in [-0.39, 0.29) is 5.91 Å². The molecular weight excluding hydrogens is 370 g/mol. The van der Waals surface area contributed by atoms with Crippen molar-refractivity contribution in [3.05, 3.63) is 64.6 Å². The van der Waals surface area contributed by atoms with Crippen LogP contribution in [0.4, 0.5) is 0 Å². The predicted molar refractivity (Wildman–Crippen MR) is 111 cm³/mol. The third kappa shape index (κ3) is 4.48. The molecule has 0 bridgehead atoms. The number of rotatable bonds is 6. The Labute approximate surface area is 169 Å². The first-order chi connectivity index (χ1) is 13.7. The number of thiazole rings is 1. The highest BCUT2D eigenvalue weighted by molar-refractivity contribution is 7.11. The Morgan fingerprint density at radius 3 is 2.89 bits per heavy atom. The quantitative estimate of drug-likeness (QED) is 0.696. The maximum absolute atomic E-state index is 12.3. The van der Waals surface area contributed by atoms with Gasteiger partial charge in [-0.3, -0.25) is 9.69 Å². The largest absolute Gasteiger partial charge is 0.351 e. The van der Waals surface area contributed by atoms with Crippen molar-refractivity contribution >= 4 is 17.2 Å². The summed E-state index contributed by atoms with van der Waals surface area (Å²) in [7, 11) is 0. The van der Waals surface area contributed by atoms with Crippen molar-refractivity contribution in [1.29, 1.82) is 0 Å². The SMILES string of the molecule is Cc1ncsc1C(=O)NCC1CCCN(Cc2ccc(-n3ccnc3)cc2)C1. The Bertz CT molecular complexity index is 903. The van der Waals surface area contributed by atoms with Crippen LogP contribution in [0.1, 0.15) is 33.8 Å². The minimum absolute atomic E-state index is 0.00668. The Morgan fingerprint density at radius 2 is 2.18 bits per heavy atom. The van der Waals surface area contributed by atoms with Gasteiger partial charge < -0.3 is 9.88 Å². The van der Waals surface area contributed by atoms with Gasteiger partial charge >= 0.3 is 0 Å². The van der Waals surface area contributed by atoms with Crippen LogP contribution < -0.4 is 5.32 Å². The summed E-state index contributed by atoms with van der Waals surface area (Å²) in [6.07, 6.45) is 7.89. The first-order valence-corrected chi connectivity index (χ1v) is 10.5. The molecule has 28 heavy (non-hydrogen) atoms. The van der Waals surface area contributed by atoms with E-state index in [1.165, 1.54) is 23.3 Å². The molecule has 3 heterocycles. The molecular formula is C21H25N5OS. The molecule has 2 aromatic heterocycles. The van der Waals surface area contributed by atoms with Crippen molar-refractivity contribution in [1.82, 2.24) is 24.8 Å². The number of nitrogens with one attached hydrogen (secondary N) is 1. The molecule has 4 rings (SSSR count). The van der Waals surface area contributed by atoms with Gasteiger partial charge in [0.05, 0.1) is 17.5 Å². The van der Waals surface area contributed by atoms with E-state index in [1.54, 1.807) is 11.7 Å². The zero-order valence-corrected chi connectivity index (χ0v) is 16.9. The number of aromatic nitrogens is 3. The molecule has 0 saturated carbocycles. The summed E-state index contributed by atoms with van der Waals surface area (Å²) in [4.78, 5) is 23.8. The summed E-state index contributed by atoms with van der Waals surface area (Å²) in [5.74, 6) is 0.503. The van der Waals surface area contributed by atoms with E-state index in [2.05, 4.69) is 44.5 Å². The molecule has 3 aromatic rings. The van der Waals surface area contributed by atoms with Gasteiger partial charge in [0.25, 0.3) is 5.91 Å². The van der Waals surface area contributed by atoms with Crippen molar-refractivity contribution in [3.63, 3.8) is 0 Å². The van der Waals surface area contributed by atoms with E-state index in [0.717, 1.165) is 48.9 Å². The molecule has 7 heteroatoms. The van der Waals surface area contributed by atoms with E-state index >= 15 is 0 Å². The maximum Gasteiger partial charge on any atom is 0.263 e. The van der Waals surface area contributed by atoms with Gasteiger partial charge in [-0.25, -0.2) is 9.97 Å². The van der Waals surface area contributed by atoms with Crippen LogP contribution in [0.2, 0.25) is 0 Å². The summed E-state index contributed by atoms with van der Waals surface area (Å²) >= 11 is 1.41. The van der Waals surface area contributed by atoms with Crippen molar-refractivity contribution in [3.8, 4) is 5.69 Å². The van der Waals surface area contributed by atoms with Gasteiger partial charge in [-0.05, 0) is 49.9 Å². The Hall–Kier alpha value is -2.51. The standard InChI is InChI=1S/C21H25N5OS/c1-16-20(28-15-24-16)21(27)23-11-18-3-2-9-25(13-18)12-17-4-6-19(7-5-17)26-10-8-22-14-26/h4-8,10,14-15,18H,2-3,9,11-13H2,1H3,(H,23,27). The number of aryl methyl sites for hydroxylation is 1. The van der Waals surface area contributed by atoms with Crippen molar-refractivity contribution in [2.45, 2.75) is 26.3 Å². The predicted octanol–water partition coefficient (Wildman–Crippen LogP) is 3.28. The normalized spacial score (nSPS) is 17.5. The highest BCUT2D eigenvalue weighted by Gasteiger charge is 2.21. The van der Waals surface area contributed by atoms with Crippen LogP contribution in [0.3, 0.4) is 0 Å². The number of carbonyl (C=O) groups is 1. The number of piperidine rings is 1. The highest BCUT2D eigenvalue weighted by atomic mass is 32.1. The molecule has 1 fully saturated rings. The fourth-order valence-electron chi connectivity index (χ4n) is 3.74. The van der Waals surface area contributed by atoms with Gasteiger partial charge in [-0.2, -0.15) is 0 Å². The fraction of sp³-hybridized carbons (Fsp3) is 0.381. The third-order valence-corrected chi connectivity index (χ3v) is 6.18. The van der Waals surface area contributed by atoms with Crippen molar-refractivity contribution in [2.75, 3.05) is 19.6 Å². The molecule has 1 N–H and O–H groups in total. The molecule has 0 radical (unpaired) electrons. The number of benzene rings is 1. The lowest BCUT2D eigenvalue weighted by molar-refractivity contribution is 0.0934. The number of amides is 1. The lowest BCUT2D eigenvalue weighted by Gasteiger charge is -2.32. The molecule has 1 atom stereocenters. The average molecular weight is 396 g/mol. The molecule has 0 spiro atoms. The van der Waals surface area contributed by atoms with Crippen LogP contribution in [-0.4, -0.2) is 45.0 Å². The molecule has 1 saturated heterocycles. The van der Waals surface area contributed by atoms with E-state index < -0.39 is 0 Å². The fourth-order valence-corrected chi connectivity index (χ4v) is 4.46. The second kappa shape index (κ2) is 8.67. The summed E-state index contributed by atoms with van der Waals surface area (Å²) in [5, 5.41) is 3.10. The first-order valence-electron chi connectivity index (χ1n) is 9.67. The number of hydrogen-bond donors (Lipinski definition) is 1. The molecule has 146 valence electrons. The van der Waals surface area contributed by atoms with Gasteiger partial charge in [-0.1, -0.05) is 12.1 Å². The second-order valence-corrected chi connectivity index (χ2v) is 8.21. The molecule has 1 aliphatic heterocycles. The number of hydrogen-bond acceptors (Lipinski definition) is 5. The molecule has 6 nitrogen and oxygen atoms in total. The number of likely N-dealkylation sites (tertiary alicyclic amines) is 1. The zero-order chi connectivity index (χ0) is 19.3. The average Bonchev–Trinajstić information content (AvgIpc) is 3.39. The van der Waals surface area contributed by atoms with Crippen molar-refractivity contribution < 1.29 is 4.79 Å². The highest BCUT2D eigenvalue weighted by Crippen LogP contribution is 2.19. The number of nitrogens with zero attached hydrogens (tertiary/aromatic N) is 4. The number of carbonyl (C=O) groups excluding carboxylic acids is 1. The van der Waals surface area contributed by atoms with Crippen LogP contribution in [0.15, 0.2) is 48.5 Å². The molecule has 1 unspecified atom stereocenters. The lowest BCUT2D eigenvalue weighted by atomic mass is 9.97. The topological polar surface area (TPSA) is 63.1 Å². The smallest absolute Gasteiger partial charge is 0.263 e. The van der Waals surface area contributed by atoms with Gasteiger partial charge in [0.1, 0.15) is 4.88 Å². The first kappa shape index (κ1) is 18.8. The van der Waals surface area contributed by atoms with E-state index in [1.807, 2.05) is 24.0 Å². The van der Waals surface area contributed by atoms with Gasteiger partial charge in [0.15, 0.2) is 0 Å². The van der Waals surface area contributed by atoms with Crippen LogP contribution >= 0.6 is 11.3 Å². The minimum atomic E-state index is 0.00668. The summed E-state index contributed by atoms with van der Waals surface area (Å²) in [6, 6.07) is 8.65. The summed E-state index contributed by atoms with van der Waals surface area (Å²) in [5.41, 5.74) is 4.98. The monoisotopic (exact) mass is 395 g/mol. The third-order valence-electron chi connectivity index (χ3n) is 5.25. The lowest BCUT2D eigenvalue weighted by Crippen LogP contribution is -2.40. The Morgan fingerprint density at radius 1 is 1.32 bits per heavy atom. The van der Waals surface area contributed by atoms with Gasteiger partial charge in [0.2, 0.25) is 0 Å².